The van der Waals surface area contributed by atoms with Gasteiger partial charge in [-0.15, -0.1) is 0 Å². The minimum atomic E-state index is -0.430. The van der Waals surface area contributed by atoms with Crippen LogP contribution in [0.25, 0.3) is 56.0 Å². The third kappa shape index (κ3) is 14.8. The molecule has 99 heavy (non-hydrogen) atoms. The van der Waals surface area contributed by atoms with Crippen LogP contribution in [0, 0.1) is 21.2 Å². The molecule has 0 aliphatic carbocycles. The number of hydrogen-bond acceptors (Lipinski definition) is 19. The molecule has 3 aromatic carbocycles. The lowest BCUT2D eigenvalue weighted by molar-refractivity contribution is -0.135. The van der Waals surface area contributed by atoms with E-state index in [2.05, 4.69) is 68.0 Å². The number of halogens is 7. The van der Waals surface area contributed by atoms with Gasteiger partial charge >= 0.3 is 0 Å². The molecule has 11 heterocycles. The summed E-state index contributed by atoms with van der Waals surface area (Å²) in [6, 6.07) is 25.0. The largest absolute Gasteiger partial charge is 0.495 e. The van der Waals surface area contributed by atoms with Gasteiger partial charge in [0.15, 0.2) is 16.9 Å². The molecule has 25 nitrogen and oxygen atoms in total. The van der Waals surface area contributed by atoms with Crippen LogP contribution in [0.15, 0.2) is 127 Å². The third-order valence-electron chi connectivity index (χ3n) is 17.3. The van der Waals surface area contributed by atoms with Crippen LogP contribution in [0.4, 0.5) is 30.2 Å². The van der Waals surface area contributed by atoms with E-state index in [1.165, 1.54) is 45.9 Å². The van der Waals surface area contributed by atoms with Crippen molar-refractivity contribution in [2.45, 2.75) is 58.5 Å². The number of pyridine rings is 4. The second kappa shape index (κ2) is 30.3. The van der Waals surface area contributed by atoms with Crippen molar-refractivity contribution in [3.8, 4) is 40.2 Å². The molecule has 3 aliphatic rings. The summed E-state index contributed by atoms with van der Waals surface area (Å²) in [5.41, 5.74) is 5.00. The molecular weight excluding hydrogens is 1460 g/mol. The lowest BCUT2D eigenvalue weighted by atomic mass is 10.1. The van der Waals surface area contributed by atoms with Crippen LogP contribution in [-0.2, 0) is 34.0 Å². The molecule has 0 N–H and O–H groups in total. The van der Waals surface area contributed by atoms with Crippen LogP contribution in [0.5, 0.6) is 17.2 Å². The van der Waals surface area contributed by atoms with E-state index in [-0.39, 0.29) is 70.5 Å². The number of benzene rings is 3. The first-order valence-corrected chi connectivity index (χ1v) is 33.5. The molecule has 32 heteroatoms. The summed E-state index contributed by atoms with van der Waals surface area (Å²) in [6.45, 7) is 10.2. The fourth-order valence-electron chi connectivity index (χ4n) is 12.5. The number of piperazine rings is 3. The minimum absolute atomic E-state index is 0.00116. The van der Waals surface area contributed by atoms with Crippen LogP contribution in [0.2, 0.25) is 15.1 Å². The zero-order chi connectivity index (χ0) is 69.8. The molecule has 0 saturated carbocycles. The smallest absolute Gasteiger partial charge is 0.244 e. The van der Waals surface area contributed by atoms with Crippen LogP contribution in [0.3, 0.4) is 0 Å². The fraction of sp³-hybridized carbons (Fsp3) is 0.313. The van der Waals surface area contributed by atoms with Crippen molar-refractivity contribution in [2.24, 2.45) is 0 Å². The maximum atomic E-state index is 14.6. The number of anilines is 3. The number of hydrogen-bond donors (Lipinski definition) is 0. The molecule has 3 aliphatic heterocycles. The Kier molecular flexibility index (Phi) is 21.2. The van der Waals surface area contributed by atoms with E-state index in [4.69, 9.17) is 53.5 Å². The van der Waals surface area contributed by atoms with Gasteiger partial charge in [0.05, 0.1) is 69.9 Å². The van der Waals surface area contributed by atoms with Gasteiger partial charge in [0.25, 0.3) is 0 Å². The van der Waals surface area contributed by atoms with Crippen LogP contribution in [0.1, 0.15) is 20.8 Å². The molecule has 8 aromatic heterocycles. The SMILES string of the molecule is COc1cc(N2CCN(C(=O)Cn3nc(-c4ccccn4)c4cccnc43)[C@@H](C)C2)c(F)cc1Cl.COc1cc(N2CCN(C(=O)Cn3nc(-c4ncon4)c4cccnc43)[C@@H](C)C2)c(F)cc1Cl.COc1cc(N2CCN(C(=O)Cn3nc(I)c4cccnc43)[C@@H](C)C2)c(F)cc1Cl. The summed E-state index contributed by atoms with van der Waals surface area (Å²) >= 11 is 20.2. The van der Waals surface area contributed by atoms with Crippen LogP contribution in [-0.4, -0.2) is 190 Å². The van der Waals surface area contributed by atoms with Gasteiger partial charge in [-0.2, -0.15) is 20.3 Å². The lowest BCUT2D eigenvalue weighted by Gasteiger charge is -2.41. The summed E-state index contributed by atoms with van der Waals surface area (Å²) in [4.78, 5) is 72.3. The van der Waals surface area contributed by atoms with Gasteiger partial charge in [0, 0.05) is 125 Å². The quantitative estimate of drug-likeness (QED) is 0.0919. The number of methoxy groups -OCH3 is 3. The summed E-state index contributed by atoms with van der Waals surface area (Å²) in [7, 11) is 4.48. The van der Waals surface area contributed by atoms with Crippen LogP contribution < -0.4 is 28.9 Å². The highest BCUT2D eigenvalue weighted by molar-refractivity contribution is 14.1. The van der Waals surface area contributed by atoms with E-state index >= 15 is 0 Å². The minimum Gasteiger partial charge on any atom is -0.495 e. The summed E-state index contributed by atoms with van der Waals surface area (Å²) < 4.78 is 69.9. The lowest BCUT2D eigenvalue weighted by Crippen LogP contribution is -2.55. The Labute approximate surface area is 594 Å². The van der Waals surface area contributed by atoms with Crippen molar-refractivity contribution in [3.05, 3.63) is 158 Å². The Morgan fingerprint density at radius 3 is 1.26 bits per heavy atom. The van der Waals surface area contributed by atoms with E-state index < -0.39 is 17.5 Å². The molecule has 3 fully saturated rings. The Morgan fingerprint density at radius 1 is 0.495 bits per heavy atom. The Morgan fingerprint density at radius 2 is 0.879 bits per heavy atom. The van der Waals surface area contributed by atoms with Crippen molar-refractivity contribution in [2.75, 3.05) is 94.9 Å². The van der Waals surface area contributed by atoms with Gasteiger partial charge < -0.3 is 48.1 Å². The number of carbonyl (C=O) groups is 3. The second-order valence-corrected chi connectivity index (χ2v) is 25.8. The molecule has 0 spiro atoms. The summed E-state index contributed by atoms with van der Waals surface area (Å²) in [6.07, 6.45) is 7.95. The molecule has 0 bridgehead atoms. The second-order valence-electron chi connectivity index (χ2n) is 23.5. The van der Waals surface area contributed by atoms with Crippen molar-refractivity contribution >= 4 is 125 Å². The Bertz CT molecular complexity index is 4770. The molecular formula is C67H65Cl3F3IN18O7. The molecule has 14 rings (SSSR count). The molecule has 3 amide bonds. The van der Waals surface area contributed by atoms with E-state index in [1.54, 1.807) is 72.9 Å². The number of aromatic nitrogens is 12. The fourth-order valence-corrected chi connectivity index (χ4v) is 13.9. The predicted octanol–water partition coefficient (Wildman–Crippen LogP) is 10.6. The first-order valence-electron chi connectivity index (χ1n) is 31.3. The van der Waals surface area contributed by atoms with Gasteiger partial charge in [-0.25, -0.2) is 42.2 Å². The topological polar surface area (TPSA) is 242 Å². The average Bonchev–Trinajstić information content (AvgIpc) is 1.68. The summed E-state index contributed by atoms with van der Waals surface area (Å²) in [5, 5.41) is 20.7. The number of carbonyl (C=O) groups excluding carboxylic acids is 3. The van der Waals surface area contributed by atoms with Crippen molar-refractivity contribution in [3.63, 3.8) is 0 Å². The van der Waals surface area contributed by atoms with E-state index in [0.29, 0.717) is 127 Å². The molecule has 0 radical (unpaired) electrons. The van der Waals surface area contributed by atoms with Gasteiger partial charge in [0.1, 0.15) is 69.4 Å². The zero-order valence-electron chi connectivity index (χ0n) is 54.3. The van der Waals surface area contributed by atoms with E-state index in [1.807, 2.05) is 88.9 Å². The predicted molar refractivity (Wildman–Crippen MR) is 376 cm³/mol. The number of fused-ring (bicyclic) bond motifs is 3. The average molecular weight is 1520 g/mol. The van der Waals surface area contributed by atoms with Crippen molar-refractivity contribution in [1.29, 1.82) is 0 Å². The van der Waals surface area contributed by atoms with E-state index in [0.717, 1.165) is 25.6 Å². The molecule has 11 aromatic rings. The van der Waals surface area contributed by atoms with Gasteiger partial charge in [0.2, 0.25) is 29.9 Å². The number of nitrogens with zero attached hydrogens (tertiary/aromatic N) is 18. The van der Waals surface area contributed by atoms with Gasteiger partial charge in [-0.1, -0.05) is 46.0 Å². The normalized spacial score (nSPS) is 16.4. The molecule has 514 valence electrons. The molecule has 3 saturated heterocycles. The highest BCUT2D eigenvalue weighted by Gasteiger charge is 2.34. The van der Waals surface area contributed by atoms with E-state index in [9.17, 15) is 27.6 Å². The zero-order valence-corrected chi connectivity index (χ0v) is 58.7. The third-order valence-corrected chi connectivity index (χ3v) is 19.0. The number of ether oxygens (including phenoxy) is 3. The first-order chi connectivity index (χ1) is 47.8. The Hall–Kier alpha value is -9.59. The maximum Gasteiger partial charge on any atom is 0.244 e. The Balaban J connectivity index is 0.000000141. The number of rotatable bonds is 14. The molecule has 3 atom stereocenters. The highest BCUT2D eigenvalue weighted by Crippen LogP contribution is 2.37. The standard InChI is InChI=1S/C25H24ClFN6O2.C22H21ClFN7O3.C20H20ClFIN5O2/c1-16-14-31(21-13-22(35-2)18(26)12-19(21)27)10-11-32(16)23(34)15-33-25-17(6-5-9-29-25)24(30-33)20-7-3-4-8-28-20;1-13-10-29(17-9-18(33-2)15(23)8-16(17)24)6-7-30(13)19(32)11-31-22-14(4-3-5-25-22)20(27-31)21-26-12-34-28-21;1-12-10-26(16-9-17(30-2)14(21)8-15(16)22)6-7-27(12)18(29)11-28-20-13(19(23)25-28)4-3-5-24-20/h3-9,12-13,16H,10-11,14-15H2,1-2H3;3-5,8-9,12-13H,6-7,10-11H2,1-2H3;3-5,8-9,12H,6-7,10-11H2,1-2H3/t16-;13-;12-/m000/s1. The van der Waals surface area contributed by atoms with Crippen molar-refractivity contribution in [1.82, 2.24) is 74.1 Å². The highest BCUT2D eigenvalue weighted by atomic mass is 127. The van der Waals surface area contributed by atoms with Gasteiger partial charge in [-0.3, -0.25) is 19.4 Å². The first kappa shape index (κ1) is 69.3. The van der Waals surface area contributed by atoms with Crippen LogP contribution >= 0.6 is 57.4 Å². The van der Waals surface area contributed by atoms with Gasteiger partial charge in [-0.05, 0) is 110 Å². The number of amides is 3. The monoisotopic (exact) mass is 1520 g/mol. The molecule has 0 unspecified atom stereocenters. The summed E-state index contributed by atoms with van der Waals surface area (Å²) in [5.74, 6) is 0.0816. The maximum absolute atomic E-state index is 14.6. The van der Waals surface area contributed by atoms with Crippen molar-refractivity contribution < 1.29 is 46.3 Å².